The fourth-order valence-electron chi connectivity index (χ4n) is 2.07. The van der Waals surface area contributed by atoms with Crippen molar-refractivity contribution >= 4 is 17.6 Å². The predicted octanol–water partition coefficient (Wildman–Crippen LogP) is 1.01. The zero-order chi connectivity index (χ0) is 12.8. The molecule has 1 fully saturated rings. The maximum atomic E-state index is 7.38. The highest BCUT2D eigenvalue weighted by Crippen LogP contribution is 2.19. The van der Waals surface area contributed by atoms with Crippen molar-refractivity contribution in [2.24, 2.45) is 0 Å². The highest BCUT2D eigenvalue weighted by atomic mass is 16.5. The molecule has 1 aliphatic rings. The summed E-state index contributed by atoms with van der Waals surface area (Å²) in [7, 11) is 0. The molecule has 18 heavy (non-hydrogen) atoms. The first-order valence-corrected chi connectivity index (χ1v) is 6.24. The molecule has 1 aromatic rings. The number of anilines is 2. The lowest BCUT2D eigenvalue weighted by molar-refractivity contribution is 0.0398. The summed E-state index contributed by atoms with van der Waals surface area (Å²) >= 11 is 0. The van der Waals surface area contributed by atoms with Crippen LogP contribution in [0.3, 0.4) is 0 Å². The van der Waals surface area contributed by atoms with Gasteiger partial charge in [0.1, 0.15) is 0 Å². The molecular weight excluding hydrogens is 228 g/mol. The van der Waals surface area contributed by atoms with Crippen molar-refractivity contribution in [3.05, 3.63) is 23.8 Å². The molecule has 0 amide bonds. The molecule has 1 aromatic carbocycles. The molecule has 1 saturated heterocycles. The number of morpholine rings is 1. The summed E-state index contributed by atoms with van der Waals surface area (Å²) in [6.45, 7) is 5.47. The lowest BCUT2D eigenvalue weighted by Gasteiger charge is -2.26. The van der Waals surface area contributed by atoms with Crippen LogP contribution in [0, 0.1) is 5.41 Å². The molecule has 1 heterocycles. The summed E-state index contributed by atoms with van der Waals surface area (Å²) in [5.74, 6) is 0. The third-order valence-corrected chi connectivity index (χ3v) is 3.13. The number of nitrogens with one attached hydrogen (secondary N) is 2. The van der Waals surface area contributed by atoms with Gasteiger partial charge in [0, 0.05) is 49.3 Å². The second-order valence-electron chi connectivity index (χ2n) is 4.33. The zero-order valence-corrected chi connectivity index (χ0v) is 10.5. The highest BCUT2D eigenvalue weighted by molar-refractivity contribution is 5.92. The maximum absolute atomic E-state index is 7.38. The summed E-state index contributed by atoms with van der Waals surface area (Å²) < 4.78 is 5.31. The molecule has 0 radical (unpaired) electrons. The van der Waals surface area contributed by atoms with E-state index in [1.807, 2.05) is 18.2 Å². The summed E-state index contributed by atoms with van der Waals surface area (Å²) in [5.41, 5.74) is 8.16. The van der Waals surface area contributed by atoms with Crippen LogP contribution in [0.2, 0.25) is 0 Å². The Hall–Kier alpha value is -1.59. The van der Waals surface area contributed by atoms with Crippen molar-refractivity contribution in [2.45, 2.75) is 0 Å². The molecule has 0 atom stereocenters. The van der Waals surface area contributed by atoms with Crippen LogP contribution in [0.1, 0.15) is 5.56 Å². The van der Waals surface area contributed by atoms with Crippen LogP contribution in [-0.2, 0) is 4.74 Å². The third-order valence-electron chi connectivity index (χ3n) is 3.13. The Bertz CT molecular complexity index is 402. The Balaban J connectivity index is 1.86. The fourth-order valence-corrected chi connectivity index (χ4v) is 2.07. The maximum Gasteiger partial charge on any atom is 0.0594 e. The highest BCUT2D eigenvalue weighted by Gasteiger charge is 2.09. The summed E-state index contributed by atoms with van der Waals surface area (Å²) in [6.07, 6.45) is 1.30. The van der Waals surface area contributed by atoms with Crippen LogP contribution in [0.5, 0.6) is 0 Å². The van der Waals surface area contributed by atoms with E-state index in [9.17, 15) is 0 Å². The van der Waals surface area contributed by atoms with Crippen molar-refractivity contribution in [1.29, 1.82) is 5.41 Å². The van der Waals surface area contributed by atoms with Crippen LogP contribution < -0.4 is 11.1 Å². The predicted molar refractivity (Wildman–Crippen MR) is 74.5 cm³/mol. The fraction of sp³-hybridized carbons (Fsp3) is 0.462. The number of hydrogen-bond donors (Lipinski definition) is 3. The van der Waals surface area contributed by atoms with Crippen molar-refractivity contribution < 1.29 is 4.74 Å². The van der Waals surface area contributed by atoms with Gasteiger partial charge in [-0.1, -0.05) is 6.07 Å². The van der Waals surface area contributed by atoms with Gasteiger partial charge >= 0.3 is 0 Å². The molecule has 0 saturated carbocycles. The molecule has 0 spiro atoms. The van der Waals surface area contributed by atoms with Gasteiger partial charge in [0.2, 0.25) is 0 Å². The molecule has 5 heteroatoms. The van der Waals surface area contributed by atoms with Gasteiger partial charge in [-0.05, 0) is 12.1 Å². The van der Waals surface area contributed by atoms with Gasteiger partial charge in [0.15, 0.2) is 0 Å². The lowest BCUT2D eigenvalue weighted by Crippen LogP contribution is -2.39. The molecule has 2 rings (SSSR count). The third kappa shape index (κ3) is 3.21. The van der Waals surface area contributed by atoms with Crippen molar-refractivity contribution in [1.82, 2.24) is 4.90 Å². The average Bonchev–Trinajstić information content (AvgIpc) is 2.40. The molecule has 1 aliphatic heterocycles. The van der Waals surface area contributed by atoms with Crippen LogP contribution in [0.25, 0.3) is 0 Å². The molecule has 4 N–H and O–H groups in total. The number of nitrogen functional groups attached to an aromatic ring is 1. The van der Waals surface area contributed by atoms with Gasteiger partial charge in [-0.25, -0.2) is 0 Å². The monoisotopic (exact) mass is 248 g/mol. The quantitative estimate of drug-likeness (QED) is 0.537. The standard InChI is InChI=1S/C13H20N4O/c14-10-11-12(15)2-1-3-13(11)16-4-5-17-6-8-18-9-7-17/h1-3,10,14,16H,4-9,15H2. The van der Waals surface area contributed by atoms with Crippen LogP contribution in [0.4, 0.5) is 11.4 Å². The molecule has 0 aliphatic carbocycles. The second-order valence-corrected chi connectivity index (χ2v) is 4.33. The number of ether oxygens (including phenoxy) is 1. The van der Waals surface area contributed by atoms with Crippen molar-refractivity contribution in [3.8, 4) is 0 Å². The number of benzene rings is 1. The van der Waals surface area contributed by atoms with E-state index in [2.05, 4.69) is 10.2 Å². The Morgan fingerprint density at radius 1 is 1.39 bits per heavy atom. The Labute approximate surface area is 107 Å². The number of nitrogens with zero attached hydrogens (tertiary/aromatic N) is 1. The number of hydrogen-bond acceptors (Lipinski definition) is 5. The average molecular weight is 248 g/mol. The molecule has 0 bridgehead atoms. The molecular formula is C13H20N4O. The summed E-state index contributed by atoms with van der Waals surface area (Å²) in [6, 6.07) is 5.67. The first-order valence-electron chi connectivity index (χ1n) is 6.24. The van der Waals surface area contributed by atoms with Crippen molar-refractivity contribution in [2.75, 3.05) is 50.4 Å². The number of rotatable bonds is 5. The normalized spacial score (nSPS) is 16.4. The smallest absolute Gasteiger partial charge is 0.0594 e. The Kier molecular flexibility index (Phi) is 4.55. The van der Waals surface area contributed by atoms with Crippen molar-refractivity contribution in [3.63, 3.8) is 0 Å². The largest absolute Gasteiger partial charge is 0.398 e. The van der Waals surface area contributed by atoms with Crippen LogP contribution >= 0.6 is 0 Å². The van der Waals surface area contributed by atoms with Gasteiger partial charge in [-0.3, -0.25) is 4.90 Å². The van der Waals surface area contributed by atoms with E-state index in [1.165, 1.54) is 6.21 Å². The van der Waals surface area contributed by atoms with Gasteiger partial charge in [0.05, 0.1) is 13.2 Å². The SMILES string of the molecule is N=Cc1c(N)cccc1NCCN1CCOCC1. The molecule has 0 aromatic heterocycles. The minimum Gasteiger partial charge on any atom is -0.398 e. The zero-order valence-electron chi connectivity index (χ0n) is 10.5. The Morgan fingerprint density at radius 2 is 2.17 bits per heavy atom. The lowest BCUT2D eigenvalue weighted by atomic mass is 10.1. The van der Waals surface area contributed by atoms with Crippen LogP contribution in [-0.4, -0.2) is 50.5 Å². The van der Waals surface area contributed by atoms with Gasteiger partial charge in [-0.2, -0.15) is 0 Å². The molecule has 98 valence electrons. The summed E-state index contributed by atoms with van der Waals surface area (Å²) in [5, 5.41) is 10.7. The number of nitrogens with two attached hydrogens (primary N) is 1. The molecule has 5 nitrogen and oxygen atoms in total. The molecule has 0 unspecified atom stereocenters. The van der Waals surface area contributed by atoms with Crippen LogP contribution in [0.15, 0.2) is 18.2 Å². The van der Waals surface area contributed by atoms with Gasteiger partial charge in [0.25, 0.3) is 0 Å². The van der Waals surface area contributed by atoms with E-state index >= 15 is 0 Å². The van der Waals surface area contributed by atoms with E-state index in [0.717, 1.165) is 50.6 Å². The van der Waals surface area contributed by atoms with E-state index in [1.54, 1.807) is 0 Å². The first-order chi connectivity index (χ1) is 8.81. The minimum atomic E-state index is 0.640. The minimum absolute atomic E-state index is 0.640. The van der Waals surface area contributed by atoms with E-state index in [4.69, 9.17) is 15.9 Å². The van der Waals surface area contributed by atoms with Gasteiger partial charge in [-0.15, -0.1) is 0 Å². The second kappa shape index (κ2) is 6.37. The van der Waals surface area contributed by atoms with E-state index in [-0.39, 0.29) is 0 Å². The summed E-state index contributed by atoms with van der Waals surface area (Å²) in [4.78, 5) is 2.37. The topological polar surface area (TPSA) is 74.4 Å². The first kappa shape index (κ1) is 12.9. The Morgan fingerprint density at radius 3 is 2.89 bits per heavy atom. The van der Waals surface area contributed by atoms with E-state index in [0.29, 0.717) is 5.69 Å². The van der Waals surface area contributed by atoms with Gasteiger partial charge < -0.3 is 21.2 Å². The van der Waals surface area contributed by atoms with E-state index < -0.39 is 0 Å².